The molecule has 1 heterocycles. The number of nitrogens with zero attached hydrogens (tertiary/aromatic N) is 1. The van der Waals surface area contributed by atoms with E-state index < -0.39 is 16.6 Å². The summed E-state index contributed by atoms with van der Waals surface area (Å²) >= 11 is 25.3. The number of aromatic nitrogens is 1. The topological polar surface area (TPSA) is 67.3 Å². The van der Waals surface area contributed by atoms with Crippen molar-refractivity contribution in [3.8, 4) is 0 Å². The molecule has 1 amide bonds. The van der Waals surface area contributed by atoms with Gasteiger partial charge in [-0.25, -0.2) is 4.79 Å². The number of amides is 1. The molecule has 0 fully saturated rings. The molecular formula is C32H32Cl4N4O2. The highest BCUT2D eigenvalue weighted by Crippen LogP contribution is 2.39. The largest absolute Gasteiger partial charge is 0.444 e. The van der Waals surface area contributed by atoms with Gasteiger partial charge in [-0.2, -0.15) is 0 Å². The number of fused-ring (bicyclic) bond motifs is 3. The van der Waals surface area contributed by atoms with Crippen LogP contribution in [0.1, 0.15) is 34.1 Å². The van der Waals surface area contributed by atoms with E-state index in [1.165, 1.54) is 0 Å². The highest BCUT2D eigenvalue weighted by atomic mass is 35.5. The normalized spacial score (nSPS) is 17.1. The van der Waals surface area contributed by atoms with Crippen LogP contribution in [0.5, 0.6) is 0 Å². The lowest BCUT2D eigenvalue weighted by Gasteiger charge is -2.26. The first-order valence-electron chi connectivity index (χ1n) is 13.6. The molecule has 10 heteroatoms. The Bertz CT molecular complexity index is 1730. The third kappa shape index (κ3) is 6.95. The number of benzene rings is 3. The molecule has 1 aromatic heterocycles. The standard InChI is InChI=1S/C32H32Cl4N4O2/c1-31(2,3)42-30(41)37-13-14-40-27-10-6-19(38-21-5-9-25(33)26(34)17-21)15-23(27)24-16-20(7-11-28(24)40)39-22-8-12-29(35)32(4,36)18-22/h5-12,15-17,38-39H,13-14,18H2,1-4H3,(H,37,41). The van der Waals surface area contributed by atoms with Crippen LogP contribution >= 0.6 is 46.4 Å². The van der Waals surface area contributed by atoms with Gasteiger partial charge in [0.15, 0.2) is 0 Å². The van der Waals surface area contributed by atoms with Gasteiger partial charge in [-0.3, -0.25) is 0 Å². The Labute approximate surface area is 265 Å². The number of ether oxygens (including phenoxy) is 1. The fraction of sp³-hybridized carbons (Fsp3) is 0.281. The molecule has 0 spiro atoms. The summed E-state index contributed by atoms with van der Waals surface area (Å²) in [5.41, 5.74) is 5.15. The average molecular weight is 646 g/mol. The van der Waals surface area contributed by atoms with E-state index in [-0.39, 0.29) is 0 Å². The predicted molar refractivity (Wildman–Crippen MR) is 178 cm³/mol. The van der Waals surface area contributed by atoms with E-state index in [1.54, 1.807) is 12.1 Å². The van der Waals surface area contributed by atoms with Gasteiger partial charge in [0.25, 0.3) is 0 Å². The van der Waals surface area contributed by atoms with Gasteiger partial charge >= 0.3 is 6.09 Å². The first kappa shape index (κ1) is 30.4. The van der Waals surface area contributed by atoms with Gasteiger partial charge in [0, 0.05) is 69.1 Å². The van der Waals surface area contributed by atoms with Crippen molar-refractivity contribution in [1.82, 2.24) is 9.88 Å². The highest BCUT2D eigenvalue weighted by Gasteiger charge is 2.29. The van der Waals surface area contributed by atoms with E-state index in [9.17, 15) is 4.79 Å². The van der Waals surface area contributed by atoms with Gasteiger partial charge in [0.1, 0.15) is 5.60 Å². The summed E-state index contributed by atoms with van der Waals surface area (Å²) in [6, 6.07) is 17.9. The molecule has 1 atom stereocenters. The molecule has 0 bridgehead atoms. The first-order valence-corrected chi connectivity index (χ1v) is 15.1. The zero-order valence-electron chi connectivity index (χ0n) is 23.7. The summed E-state index contributed by atoms with van der Waals surface area (Å²) in [5, 5.41) is 13.5. The Kier molecular flexibility index (Phi) is 8.64. The molecule has 0 aliphatic heterocycles. The lowest BCUT2D eigenvalue weighted by molar-refractivity contribution is 0.0526. The first-order chi connectivity index (χ1) is 19.8. The van der Waals surface area contributed by atoms with Gasteiger partial charge < -0.3 is 25.3 Å². The summed E-state index contributed by atoms with van der Waals surface area (Å²) in [6.07, 6.45) is 3.94. The van der Waals surface area contributed by atoms with Crippen LogP contribution in [0.4, 0.5) is 21.9 Å². The average Bonchev–Trinajstić information content (AvgIpc) is 3.19. The molecule has 5 rings (SSSR count). The smallest absolute Gasteiger partial charge is 0.407 e. The fourth-order valence-corrected chi connectivity index (χ4v) is 5.58. The molecule has 4 aromatic rings. The number of anilines is 3. The van der Waals surface area contributed by atoms with E-state index in [2.05, 4.69) is 44.8 Å². The van der Waals surface area contributed by atoms with Crippen molar-refractivity contribution in [2.45, 2.75) is 51.1 Å². The number of hydrogen-bond donors (Lipinski definition) is 3. The number of rotatable bonds is 7. The van der Waals surface area contributed by atoms with Gasteiger partial charge in [0.05, 0.1) is 14.9 Å². The highest BCUT2D eigenvalue weighted by molar-refractivity contribution is 6.42. The second-order valence-electron chi connectivity index (χ2n) is 11.5. The molecular weight excluding hydrogens is 614 g/mol. The molecule has 1 aliphatic rings. The molecule has 0 radical (unpaired) electrons. The third-order valence-corrected chi connectivity index (χ3v) is 8.55. The number of carbonyl (C=O) groups excluding carboxylic acids is 1. The number of alkyl halides is 1. The van der Waals surface area contributed by atoms with Crippen LogP contribution in [0.2, 0.25) is 10.0 Å². The minimum atomic E-state index is -0.648. The van der Waals surface area contributed by atoms with Crippen LogP contribution in [0.15, 0.2) is 77.5 Å². The second kappa shape index (κ2) is 11.9. The summed E-state index contributed by atoms with van der Waals surface area (Å²) in [7, 11) is 0. The Hall–Kier alpha value is -3.03. The van der Waals surface area contributed by atoms with Crippen LogP contribution in [0, 0.1) is 0 Å². The zero-order chi connectivity index (χ0) is 30.2. The summed E-state index contributed by atoms with van der Waals surface area (Å²) in [4.78, 5) is 11.6. The maximum atomic E-state index is 12.3. The van der Waals surface area contributed by atoms with Gasteiger partial charge in [-0.05, 0) is 94.4 Å². The van der Waals surface area contributed by atoms with E-state index >= 15 is 0 Å². The molecule has 0 saturated heterocycles. The third-order valence-electron chi connectivity index (χ3n) is 6.83. The molecule has 3 N–H and O–H groups in total. The second-order valence-corrected chi connectivity index (χ2v) is 13.6. The van der Waals surface area contributed by atoms with Crippen LogP contribution in [-0.2, 0) is 11.3 Å². The molecule has 3 aromatic carbocycles. The van der Waals surface area contributed by atoms with E-state index in [1.807, 2.05) is 58.0 Å². The van der Waals surface area contributed by atoms with Gasteiger partial charge in [-0.1, -0.05) is 34.8 Å². The molecule has 0 saturated carbocycles. The summed E-state index contributed by atoms with van der Waals surface area (Å²) < 4.78 is 7.61. The number of hydrogen-bond acceptors (Lipinski definition) is 4. The number of nitrogens with one attached hydrogen (secondary N) is 3. The van der Waals surface area contributed by atoms with Gasteiger partial charge in [0.2, 0.25) is 0 Å². The monoisotopic (exact) mass is 644 g/mol. The van der Waals surface area contributed by atoms with Crippen molar-refractivity contribution in [3.05, 3.63) is 87.5 Å². The SMILES string of the molecule is CC(C)(C)OC(=O)NCCn1c2ccc(NC3=CC=C(Cl)C(C)(Cl)C3)cc2c2cc(Nc3ccc(Cl)c(Cl)c3)ccc21. The summed E-state index contributed by atoms with van der Waals surface area (Å²) in [5.74, 6) is 0. The van der Waals surface area contributed by atoms with Crippen molar-refractivity contribution in [2.75, 3.05) is 17.2 Å². The lowest BCUT2D eigenvalue weighted by Crippen LogP contribution is -2.34. The molecule has 1 aliphatic carbocycles. The zero-order valence-corrected chi connectivity index (χ0v) is 26.8. The van der Waals surface area contributed by atoms with Crippen molar-refractivity contribution in [1.29, 1.82) is 0 Å². The summed E-state index contributed by atoms with van der Waals surface area (Å²) in [6.45, 7) is 8.41. The minimum Gasteiger partial charge on any atom is -0.444 e. The van der Waals surface area contributed by atoms with Crippen LogP contribution in [0.25, 0.3) is 21.8 Å². The van der Waals surface area contributed by atoms with Crippen molar-refractivity contribution in [3.63, 3.8) is 0 Å². The van der Waals surface area contributed by atoms with E-state index in [0.29, 0.717) is 34.6 Å². The quantitative estimate of drug-likeness (QED) is 0.175. The Morgan fingerprint density at radius 1 is 0.881 bits per heavy atom. The number of carbonyl (C=O) groups is 1. The number of alkyl carbamates (subject to hydrolysis) is 1. The Morgan fingerprint density at radius 2 is 1.48 bits per heavy atom. The van der Waals surface area contributed by atoms with Crippen LogP contribution < -0.4 is 16.0 Å². The van der Waals surface area contributed by atoms with Crippen molar-refractivity contribution < 1.29 is 9.53 Å². The Balaban J connectivity index is 1.49. The Morgan fingerprint density at radius 3 is 2.07 bits per heavy atom. The predicted octanol–water partition coefficient (Wildman–Crippen LogP) is 10.2. The molecule has 42 heavy (non-hydrogen) atoms. The van der Waals surface area contributed by atoms with Crippen LogP contribution in [-0.4, -0.2) is 27.7 Å². The van der Waals surface area contributed by atoms with Gasteiger partial charge in [-0.15, -0.1) is 11.6 Å². The number of allylic oxidation sites excluding steroid dienone is 4. The van der Waals surface area contributed by atoms with Crippen LogP contribution in [0.3, 0.4) is 0 Å². The lowest BCUT2D eigenvalue weighted by atomic mass is 9.98. The fourth-order valence-electron chi connectivity index (χ4n) is 4.94. The molecule has 220 valence electrons. The van der Waals surface area contributed by atoms with Crippen molar-refractivity contribution in [2.24, 2.45) is 0 Å². The number of halogens is 4. The maximum absolute atomic E-state index is 12.3. The maximum Gasteiger partial charge on any atom is 0.407 e. The van der Waals surface area contributed by atoms with E-state index in [4.69, 9.17) is 51.1 Å². The minimum absolute atomic E-state index is 0.408. The molecule has 1 unspecified atom stereocenters. The molecule has 6 nitrogen and oxygen atoms in total. The van der Waals surface area contributed by atoms with Crippen molar-refractivity contribution >= 4 is 91.4 Å². The van der Waals surface area contributed by atoms with E-state index in [0.717, 1.165) is 44.6 Å².